The number of aliphatic carboxylic acids is 1. The summed E-state index contributed by atoms with van der Waals surface area (Å²) in [5, 5.41) is 11.6. The number of nitrogens with zero attached hydrogens (tertiary/aromatic N) is 1. The lowest BCUT2D eigenvalue weighted by Gasteiger charge is -2.01. The fourth-order valence-corrected chi connectivity index (χ4v) is 3.03. The molecular formula is C15H12N2O4S. The summed E-state index contributed by atoms with van der Waals surface area (Å²) >= 11 is 0.863. The third kappa shape index (κ3) is 2.75. The molecule has 0 bridgehead atoms. The maximum atomic E-state index is 11.6. The molecule has 0 unspecified atom stereocenters. The number of aromatic nitrogens is 1. The van der Waals surface area contributed by atoms with Crippen LogP contribution in [0.4, 0.5) is 4.79 Å². The second-order valence-corrected chi connectivity index (χ2v) is 5.81. The van der Waals surface area contributed by atoms with Crippen LogP contribution < -0.4 is 5.32 Å². The molecule has 7 heteroatoms. The molecule has 0 saturated carbocycles. The van der Waals surface area contributed by atoms with E-state index < -0.39 is 11.9 Å². The van der Waals surface area contributed by atoms with Gasteiger partial charge in [-0.1, -0.05) is 18.2 Å². The average molecular weight is 316 g/mol. The molecule has 1 aliphatic rings. The van der Waals surface area contributed by atoms with Crippen LogP contribution in [0.3, 0.4) is 0 Å². The topological polar surface area (TPSA) is 88.4 Å². The van der Waals surface area contributed by atoms with Crippen LogP contribution in [0.1, 0.15) is 12.0 Å². The van der Waals surface area contributed by atoms with Crippen LogP contribution >= 0.6 is 11.8 Å². The average Bonchev–Trinajstić information content (AvgIpc) is 2.98. The number of aryl methyl sites for hydroxylation is 1. The maximum Gasteiger partial charge on any atom is 0.305 e. The molecule has 22 heavy (non-hydrogen) atoms. The van der Waals surface area contributed by atoms with Gasteiger partial charge in [-0.15, -0.1) is 0 Å². The van der Waals surface area contributed by atoms with E-state index in [1.807, 2.05) is 28.8 Å². The highest BCUT2D eigenvalue weighted by atomic mass is 32.2. The van der Waals surface area contributed by atoms with Gasteiger partial charge in [0.25, 0.3) is 11.1 Å². The molecule has 6 nitrogen and oxygen atoms in total. The van der Waals surface area contributed by atoms with Crippen LogP contribution in [0.5, 0.6) is 0 Å². The van der Waals surface area contributed by atoms with E-state index in [0.717, 1.165) is 28.2 Å². The van der Waals surface area contributed by atoms with Crippen molar-refractivity contribution in [2.75, 3.05) is 0 Å². The van der Waals surface area contributed by atoms with Gasteiger partial charge in [-0.3, -0.25) is 19.7 Å². The fourth-order valence-electron chi connectivity index (χ4n) is 2.35. The number of rotatable bonds is 4. The number of imide groups is 1. The van der Waals surface area contributed by atoms with Gasteiger partial charge in [0, 0.05) is 29.2 Å². The Kier molecular flexibility index (Phi) is 3.72. The van der Waals surface area contributed by atoms with E-state index in [9.17, 15) is 14.4 Å². The van der Waals surface area contributed by atoms with E-state index in [1.54, 1.807) is 12.3 Å². The monoisotopic (exact) mass is 316 g/mol. The molecule has 0 aliphatic carbocycles. The van der Waals surface area contributed by atoms with Crippen LogP contribution in [0.25, 0.3) is 17.0 Å². The first-order chi connectivity index (χ1) is 10.5. The normalized spacial score (nSPS) is 16.5. The number of thioether (sulfide) groups is 1. The first-order valence-corrected chi connectivity index (χ1v) is 7.41. The first kappa shape index (κ1) is 14.4. The van der Waals surface area contributed by atoms with E-state index in [-0.39, 0.29) is 11.7 Å². The van der Waals surface area contributed by atoms with Crippen molar-refractivity contribution >= 4 is 45.9 Å². The summed E-state index contributed by atoms with van der Waals surface area (Å²) in [5.74, 6) is -1.27. The van der Waals surface area contributed by atoms with E-state index in [4.69, 9.17) is 5.11 Å². The number of amides is 2. The van der Waals surface area contributed by atoms with Gasteiger partial charge >= 0.3 is 5.97 Å². The van der Waals surface area contributed by atoms with Gasteiger partial charge < -0.3 is 9.67 Å². The molecule has 112 valence electrons. The number of benzene rings is 1. The fraction of sp³-hybridized carbons (Fsp3) is 0.133. The Hall–Kier alpha value is -2.54. The Balaban J connectivity index is 2.03. The number of para-hydroxylation sites is 1. The minimum atomic E-state index is -0.867. The van der Waals surface area contributed by atoms with E-state index in [1.165, 1.54) is 0 Å². The zero-order valence-electron chi connectivity index (χ0n) is 11.4. The van der Waals surface area contributed by atoms with E-state index in [0.29, 0.717) is 11.4 Å². The highest BCUT2D eigenvalue weighted by Crippen LogP contribution is 2.29. The summed E-state index contributed by atoms with van der Waals surface area (Å²) in [5.41, 5.74) is 1.68. The Morgan fingerprint density at radius 1 is 1.32 bits per heavy atom. The van der Waals surface area contributed by atoms with Gasteiger partial charge in [0.1, 0.15) is 0 Å². The number of hydrogen-bond donors (Lipinski definition) is 2. The lowest BCUT2D eigenvalue weighted by molar-refractivity contribution is -0.137. The van der Waals surface area contributed by atoms with Gasteiger partial charge in [-0.25, -0.2) is 0 Å². The second kappa shape index (κ2) is 5.69. The van der Waals surface area contributed by atoms with Gasteiger partial charge in [0.2, 0.25) is 0 Å². The number of carboxylic acids is 1. The summed E-state index contributed by atoms with van der Waals surface area (Å²) < 4.78 is 1.84. The zero-order valence-corrected chi connectivity index (χ0v) is 12.2. The molecule has 2 heterocycles. The predicted molar refractivity (Wildman–Crippen MR) is 83.3 cm³/mol. The largest absolute Gasteiger partial charge is 0.481 e. The molecule has 0 atom stereocenters. The summed E-state index contributed by atoms with van der Waals surface area (Å²) in [6.45, 7) is 0.345. The summed E-state index contributed by atoms with van der Waals surface area (Å²) in [4.78, 5) is 34.0. The molecule has 3 rings (SSSR count). The van der Waals surface area contributed by atoms with Gasteiger partial charge in [0.05, 0.1) is 11.3 Å². The SMILES string of the molecule is O=C(O)CCn1cc(C=C2SC(=O)NC2=O)c2ccccc21. The molecule has 0 radical (unpaired) electrons. The Bertz CT molecular complexity index is 822. The van der Waals surface area contributed by atoms with Crippen molar-refractivity contribution in [1.82, 2.24) is 9.88 Å². The zero-order chi connectivity index (χ0) is 15.7. The minimum Gasteiger partial charge on any atom is -0.481 e. The second-order valence-electron chi connectivity index (χ2n) is 4.79. The summed E-state index contributed by atoms with van der Waals surface area (Å²) in [7, 11) is 0. The molecule has 1 aromatic heterocycles. The van der Waals surface area contributed by atoms with Crippen LogP contribution in [-0.4, -0.2) is 26.8 Å². The van der Waals surface area contributed by atoms with Gasteiger partial charge in [0.15, 0.2) is 0 Å². The number of carboxylic acid groups (broad SMARTS) is 1. The number of carbonyl (C=O) groups is 3. The molecule has 1 fully saturated rings. The highest BCUT2D eigenvalue weighted by molar-refractivity contribution is 8.18. The van der Waals surface area contributed by atoms with Crippen molar-refractivity contribution in [2.45, 2.75) is 13.0 Å². The lowest BCUT2D eigenvalue weighted by Crippen LogP contribution is -2.17. The number of fused-ring (bicyclic) bond motifs is 1. The number of hydrogen-bond acceptors (Lipinski definition) is 4. The van der Waals surface area contributed by atoms with Crippen molar-refractivity contribution < 1.29 is 19.5 Å². The van der Waals surface area contributed by atoms with Crippen molar-refractivity contribution in [1.29, 1.82) is 0 Å². The van der Waals surface area contributed by atoms with Gasteiger partial charge in [-0.2, -0.15) is 0 Å². The van der Waals surface area contributed by atoms with Crippen molar-refractivity contribution in [2.24, 2.45) is 0 Å². The van der Waals surface area contributed by atoms with Crippen LogP contribution in [0, 0.1) is 0 Å². The smallest absolute Gasteiger partial charge is 0.305 e. The third-order valence-corrected chi connectivity index (χ3v) is 4.13. The van der Waals surface area contributed by atoms with Crippen molar-refractivity contribution in [3.8, 4) is 0 Å². The number of nitrogens with one attached hydrogen (secondary N) is 1. The van der Waals surface area contributed by atoms with Crippen LogP contribution in [-0.2, 0) is 16.1 Å². The molecule has 2 aromatic rings. The third-order valence-electron chi connectivity index (χ3n) is 3.31. The minimum absolute atomic E-state index is 0.0163. The lowest BCUT2D eigenvalue weighted by atomic mass is 10.1. The molecule has 1 saturated heterocycles. The molecular weight excluding hydrogens is 304 g/mol. The van der Waals surface area contributed by atoms with E-state index >= 15 is 0 Å². The highest BCUT2D eigenvalue weighted by Gasteiger charge is 2.25. The summed E-state index contributed by atoms with van der Waals surface area (Å²) in [6, 6.07) is 7.54. The van der Waals surface area contributed by atoms with Gasteiger partial charge in [-0.05, 0) is 23.9 Å². The summed E-state index contributed by atoms with van der Waals surface area (Å²) in [6.07, 6.45) is 3.48. The molecule has 1 aromatic carbocycles. The Morgan fingerprint density at radius 3 is 2.77 bits per heavy atom. The van der Waals surface area contributed by atoms with E-state index in [2.05, 4.69) is 5.32 Å². The molecule has 2 amide bonds. The van der Waals surface area contributed by atoms with Crippen molar-refractivity contribution in [3.63, 3.8) is 0 Å². The van der Waals surface area contributed by atoms with Crippen LogP contribution in [0.15, 0.2) is 35.4 Å². The quantitative estimate of drug-likeness (QED) is 0.846. The maximum absolute atomic E-state index is 11.6. The van der Waals surface area contributed by atoms with Crippen LogP contribution in [0.2, 0.25) is 0 Å². The van der Waals surface area contributed by atoms with Crippen molar-refractivity contribution in [3.05, 3.63) is 40.9 Å². The molecule has 0 spiro atoms. The molecule has 2 N–H and O–H groups in total. The Morgan fingerprint density at radius 2 is 2.09 bits per heavy atom. The standard InChI is InChI=1S/C15H12N2O4S/c18-13(19)5-6-17-8-9(10-3-1-2-4-11(10)17)7-12-14(20)16-15(21)22-12/h1-4,7-8H,5-6H2,(H,18,19)(H,16,20,21). The molecule has 1 aliphatic heterocycles. The number of carbonyl (C=O) groups excluding carboxylic acids is 2. The predicted octanol–water partition coefficient (Wildman–Crippen LogP) is 2.44. The first-order valence-electron chi connectivity index (χ1n) is 6.59. The Labute approximate surface area is 129 Å².